The molecule has 2 aromatic heterocycles. The second kappa shape index (κ2) is 7.53. The van der Waals surface area contributed by atoms with Crippen LogP contribution in [0.15, 0.2) is 36.5 Å². The number of aromatic amines is 1. The molecule has 0 aliphatic heterocycles. The Kier molecular flexibility index (Phi) is 5.06. The molecule has 0 amide bonds. The number of aryl methyl sites for hydroxylation is 1. The number of ketones is 1. The van der Waals surface area contributed by atoms with Gasteiger partial charge in [0.25, 0.3) is 0 Å². The maximum absolute atomic E-state index is 13.5. The van der Waals surface area contributed by atoms with Crippen LogP contribution in [0.3, 0.4) is 0 Å². The first kappa shape index (κ1) is 19.5. The van der Waals surface area contributed by atoms with Crippen LogP contribution in [0, 0.1) is 18.3 Å². The van der Waals surface area contributed by atoms with Gasteiger partial charge in [-0.25, -0.2) is 9.78 Å². The Morgan fingerprint density at radius 2 is 2.10 bits per heavy atom. The number of nitrogens with zero attached hydrogens (tertiary/aromatic N) is 3. The number of imidazole rings is 1. The van der Waals surface area contributed by atoms with E-state index in [2.05, 4.69) is 37.2 Å². The molecule has 0 spiro atoms. The van der Waals surface area contributed by atoms with E-state index in [0.717, 1.165) is 11.1 Å². The summed E-state index contributed by atoms with van der Waals surface area (Å²) in [6, 6.07) is 10.5. The molecule has 0 atom stereocenters. The van der Waals surface area contributed by atoms with E-state index in [1.54, 1.807) is 24.3 Å². The highest BCUT2D eigenvalue weighted by Crippen LogP contribution is 2.33. The van der Waals surface area contributed by atoms with Crippen LogP contribution in [0.1, 0.15) is 37.7 Å². The number of H-pyrrole nitrogens is 1. The van der Waals surface area contributed by atoms with E-state index in [0.29, 0.717) is 22.0 Å². The van der Waals surface area contributed by atoms with Crippen LogP contribution in [0.2, 0.25) is 0 Å². The summed E-state index contributed by atoms with van der Waals surface area (Å²) in [7, 11) is 2.75. The van der Waals surface area contributed by atoms with Crippen molar-refractivity contribution in [1.82, 2.24) is 13.9 Å². The number of carbonyl (C=O) groups is 2. The van der Waals surface area contributed by atoms with E-state index < -0.39 is 11.8 Å². The average molecular weight is 516 g/mol. The van der Waals surface area contributed by atoms with Crippen molar-refractivity contribution in [3.05, 3.63) is 64.6 Å². The minimum atomic E-state index is -0.587. The lowest BCUT2D eigenvalue weighted by atomic mass is 9.96. The summed E-state index contributed by atoms with van der Waals surface area (Å²) in [5.74, 6) is -0.905. The second-order valence-corrected chi connectivity index (χ2v) is 8.05. The van der Waals surface area contributed by atoms with Gasteiger partial charge in [0, 0.05) is 47.5 Å². The molecule has 1 N–H and O–H groups in total. The standard InChI is InChI=1S/C20H13IN4O3S/c1-10-7-13(20(27)28-2)16(12-5-6-25(29-21)17(10)12)18(26)19-23-14-4-3-11(9-22)8-15(14)24-19/h3-8H,1-2H3,(H,23,24). The van der Waals surface area contributed by atoms with Gasteiger partial charge in [-0.3, -0.25) is 8.77 Å². The highest BCUT2D eigenvalue weighted by molar-refractivity contribution is 14.2. The topological polar surface area (TPSA) is 101 Å². The highest BCUT2D eigenvalue weighted by Gasteiger charge is 2.26. The third kappa shape index (κ3) is 3.18. The smallest absolute Gasteiger partial charge is 0.338 e. The Hall–Kier alpha value is -2.84. The quantitative estimate of drug-likeness (QED) is 0.243. The molecule has 0 bridgehead atoms. The molecule has 29 heavy (non-hydrogen) atoms. The summed E-state index contributed by atoms with van der Waals surface area (Å²) in [5.41, 5.74) is 3.74. The fraction of sp³-hybridized carbons (Fsp3) is 0.100. The highest BCUT2D eigenvalue weighted by atomic mass is 127. The van der Waals surface area contributed by atoms with Crippen molar-refractivity contribution in [2.24, 2.45) is 0 Å². The first-order valence-corrected chi connectivity index (χ1v) is 11.8. The summed E-state index contributed by atoms with van der Waals surface area (Å²) in [6.07, 6.45) is 1.85. The Bertz CT molecular complexity index is 1350. The number of hydrogen-bond donors (Lipinski definition) is 1. The van der Waals surface area contributed by atoms with E-state index in [1.807, 2.05) is 23.2 Å². The van der Waals surface area contributed by atoms with E-state index in [9.17, 15) is 9.59 Å². The molecule has 144 valence electrons. The van der Waals surface area contributed by atoms with Crippen LogP contribution >= 0.6 is 30.3 Å². The molecule has 2 aromatic carbocycles. The van der Waals surface area contributed by atoms with Crippen LogP contribution in [0.4, 0.5) is 0 Å². The fourth-order valence-corrected chi connectivity index (χ4v) is 4.79. The average Bonchev–Trinajstić information content (AvgIpc) is 3.36. The molecule has 2 heterocycles. The zero-order valence-electron chi connectivity index (χ0n) is 15.3. The van der Waals surface area contributed by atoms with Crippen LogP contribution < -0.4 is 0 Å². The molecule has 9 heteroatoms. The first-order valence-electron chi connectivity index (χ1n) is 8.45. The van der Waals surface area contributed by atoms with Crippen molar-refractivity contribution in [3.8, 4) is 6.07 Å². The monoisotopic (exact) mass is 516 g/mol. The Morgan fingerprint density at radius 3 is 2.79 bits per heavy atom. The third-order valence-corrected chi connectivity index (χ3v) is 6.38. The van der Waals surface area contributed by atoms with Crippen molar-refractivity contribution >= 4 is 64.0 Å². The molecule has 0 aliphatic carbocycles. The normalized spacial score (nSPS) is 11.0. The largest absolute Gasteiger partial charge is 0.465 e. The van der Waals surface area contributed by atoms with Gasteiger partial charge in [-0.05, 0) is 42.8 Å². The minimum Gasteiger partial charge on any atom is -0.465 e. The molecule has 4 rings (SSSR count). The molecule has 0 radical (unpaired) electrons. The molecule has 0 unspecified atom stereocenters. The predicted molar refractivity (Wildman–Crippen MR) is 119 cm³/mol. The van der Waals surface area contributed by atoms with Gasteiger partial charge < -0.3 is 9.72 Å². The van der Waals surface area contributed by atoms with E-state index in [4.69, 9.17) is 10.00 Å². The molecule has 0 saturated heterocycles. The Balaban J connectivity index is 1.97. The number of fused-ring (bicyclic) bond motifs is 2. The summed E-state index contributed by atoms with van der Waals surface area (Å²) < 4.78 is 6.85. The van der Waals surface area contributed by atoms with Gasteiger partial charge in [0.2, 0.25) is 5.78 Å². The van der Waals surface area contributed by atoms with Crippen LogP contribution in [-0.2, 0) is 4.74 Å². The SMILES string of the molecule is COC(=O)c1cc(C)c2c(ccn2SI)c1C(=O)c1nc2ccc(C#N)cc2[nH]1. The van der Waals surface area contributed by atoms with Gasteiger partial charge in [-0.15, -0.1) is 0 Å². The van der Waals surface area contributed by atoms with Crippen molar-refractivity contribution < 1.29 is 14.3 Å². The van der Waals surface area contributed by atoms with Gasteiger partial charge in [-0.2, -0.15) is 5.26 Å². The number of aromatic nitrogens is 3. The van der Waals surface area contributed by atoms with Crippen molar-refractivity contribution in [1.29, 1.82) is 5.26 Å². The van der Waals surface area contributed by atoms with Gasteiger partial charge in [0.15, 0.2) is 5.82 Å². The number of esters is 1. The van der Waals surface area contributed by atoms with Crippen LogP contribution in [0.5, 0.6) is 0 Å². The number of benzene rings is 2. The van der Waals surface area contributed by atoms with E-state index >= 15 is 0 Å². The van der Waals surface area contributed by atoms with Gasteiger partial charge in [0.1, 0.15) is 0 Å². The van der Waals surface area contributed by atoms with Crippen molar-refractivity contribution in [2.75, 3.05) is 7.11 Å². The summed E-state index contributed by atoms with van der Waals surface area (Å²) in [6.45, 7) is 1.89. The lowest BCUT2D eigenvalue weighted by Crippen LogP contribution is -2.14. The number of hydrogen-bond acceptors (Lipinski definition) is 6. The lowest BCUT2D eigenvalue weighted by molar-refractivity contribution is 0.0597. The maximum atomic E-state index is 13.5. The molecule has 0 saturated carbocycles. The molecule has 4 aromatic rings. The Morgan fingerprint density at radius 1 is 1.31 bits per heavy atom. The molecular weight excluding hydrogens is 503 g/mol. The zero-order chi connectivity index (χ0) is 20.7. The van der Waals surface area contributed by atoms with Crippen LogP contribution in [0.25, 0.3) is 21.9 Å². The van der Waals surface area contributed by atoms with Gasteiger partial charge >= 0.3 is 5.97 Å². The number of halogens is 1. The fourth-order valence-electron chi connectivity index (χ4n) is 3.38. The zero-order valence-corrected chi connectivity index (χ0v) is 18.3. The van der Waals surface area contributed by atoms with Crippen molar-refractivity contribution in [3.63, 3.8) is 0 Å². The molecule has 7 nitrogen and oxygen atoms in total. The van der Waals surface area contributed by atoms with E-state index in [1.165, 1.54) is 16.2 Å². The third-order valence-electron chi connectivity index (χ3n) is 4.66. The molecule has 0 aliphatic rings. The second-order valence-electron chi connectivity index (χ2n) is 6.34. The number of rotatable bonds is 4. The van der Waals surface area contributed by atoms with E-state index in [-0.39, 0.29) is 17.0 Å². The minimum absolute atomic E-state index is 0.0975. The lowest BCUT2D eigenvalue weighted by Gasteiger charge is -2.11. The number of nitrogens with one attached hydrogen (secondary N) is 1. The molecular formula is C20H13IN4O3S. The van der Waals surface area contributed by atoms with Crippen molar-refractivity contribution in [2.45, 2.75) is 6.92 Å². The number of ether oxygens (including phenoxy) is 1. The summed E-state index contributed by atoms with van der Waals surface area (Å²) in [4.78, 5) is 33.2. The first-order chi connectivity index (χ1) is 14.0. The van der Waals surface area contributed by atoms with Gasteiger partial charge in [-0.1, -0.05) is 0 Å². The predicted octanol–water partition coefficient (Wildman–Crippen LogP) is 4.56. The van der Waals surface area contributed by atoms with Gasteiger partial charge in [0.05, 0.1) is 40.9 Å². The Labute approximate surface area is 181 Å². The summed E-state index contributed by atoms with van der Waals surface area (Å²) in [5, 5.41) is 9.73. The summed E-state index contributed by atoms with van der Waals surface area (Å²) >= 11 is 2.16. The molecule has 0 fully saturated rings. The number of methoxy groups -OCH3 is 1. The maximum Gasteiger partial charge on any atom is 0.338 e. The van der Waals surface area contributed by atoms with Crippen LogP contribution in [-0.4, -0.2) is 32.8 Å². The number of carbonyl (C=O) groups excluding carboxylic acids is 2. The number of nitriles is 1.